The van der Waals surface area contributed by atoms with E-state index in [4.69, 9.17) is 11.5 Å². The van der Waals surface area contributed by atoms with Crippen LogP contribution in [0.4, 0.5) is 0 Å². The van der Waals surface area contributed by atoms with Crippen LogP contribution < -0.4 is 27.4 Å². The minimum absolute atomic E-state index is 0.0581. The summed E-state index contributed by atoms with van der Waals surface area (Å²) >= 11 is 0. The number of piperazine rings is 1. The molecule has 4 rings (SSSR count). The molecule has 0 aliphatic carbocycles. The van der Waals surface area contributed by atoms with E-state index in [1.165, 1.54) is 0 Å². The normalized spacial score (nSPS) is 20.1. The van der Waals surface area contributed by atoms with Gasteiger partial charge in [-0.05, 0) is 75.6 Å². The Morgan fingerprint density at radius 2 is 1.27 bits per heavy atom. The van der Waals surface area contributed by atoms with Crippen LogP contribution in [0, 0.1) is 5.92 Å². The quantitative estimate of drug-likeness (QED) is 0.161. The van der Waals surface area contributed by atoms with E-state index in [-0.39, 0.29) is 30.3 Å². The van der Waals surface area contributed by atoms with Gasteiger partial charge in [0.1, 0.15) is 18.1 Å². The van der Waals surface area contributed by atoms with Crippen molar-refractivity contribution in [2.24, 2.45) is 17.4 Å². The van der Waals surface area contributed by atoms with Crippen LogP contribution >= 0.6 is 0 Å². The van der Waals surface area contributed by atoms with Crippen molar-refractivity contribution in [3.63, 3.8) is 0 Å². The SMILES string of the molecule is CC(C)CC(NC(=O)C(Cc1ccccc1)NC(=O)C(N)Cc1ccccc1)C(=O)NC(CCCCN)C(=O)N1C2CCC1CN(C)C2. The second-order valence-corrected chi connectivity index (χ2v) is 13.9. The molecule has 2 fully saturated rings. The molecule has 2 aromatic carbocycles. The highest BCUT2D eigenvalue weighted by atomic mass is 16.2. The zero-order valence-electron chi connectivity index (χ0n) is 28.8. The summed E-state index contributed by atoms with van der Waals surface area (Å²) in [7, 11) is 2.08. The number of hydrogen-bond acceptors (Lipinski definition) is 7. The van der Waals surface area contributed by atoms with E-state index in [9.17, 15) is 19.2 Å². The van der Waals surface area contributed by atoms with Gasteiger partial charge in [0.15, 0.2) is 0 Å². The summed E-state index contributed by atoms with van der Waals surface area (Å²) < 4.78 is 0. The van der Waals surface area contributed by atoms with E-state index in [2.05, 4.69) is 27.9 Å². The predicted octanol–water partition coefficient (Wildman–Crippen LogP) is 1.73. The lowest BCUT2D eigenvalue weighted by Gasteiger charge is -2.41. The summed E-state index contributed by atoms with van der Waals surface area (Å²) in [6, 6.07) is 15.7. The van der Waals surface area contributed by atoms with Gasteiger partial charge >= 0.3 is 0 Å². The van der Waals surface area contributed by atoms with Crippen LogP contribution in [0.15, 0.2) is 60.7 Å². The number of rotatable bonds is 17. The molecular formula is C37H55N7O4. The van der Waals surface area contributed by atoms with Crippen LogP contribution in [-0.2, 0) is 32.0 Å². The van der Waals surface area contributed by atoms with Gasteiger partial charge in [-0.2, -0.15) is 0 Å². The molecule has 48 heavy (non-hydrogen) atoms. The van der Waals surface area contributed by atoms with Gasteiger partial charge in [0, 0.05) is 31.6 Å². The lowest BCUT2D eigenvalue weighted by Crippen LogP contribution is -2.61. The van der Waals surface area contributed by atoms with Gasteiger partial charge in [0.25, 0.3) is 0 Å². The number of carbonyl (C=O) groups is 4. The number of likely N-dealkylation sites (N-methyl/N-ethyl adjacent to an activating group) is 1. The fourth-order valence-corrected chi connectivity index (χ4v) is 6.95. The first kappa shape index (κ1) is 37.0. The van der Waals surface area contributed by atoms with Crippen LogP contribution in [0.1, 0.15) is 63.5 Å². The predicted molar refractivity (Wildman–Crippen MR) is 188 cm³/mol. The summed E-state index contributed by atoms with van der Waals surface area (Å²) in [5.41, 5.74) is 13.8. The fourth-order valence-electron chi connectivity index (χ4n) is 6.95. The molecule has 4 amide bonds. The minimum atomic E-state index is -0.966. The number of likely N-dealkylation sites (tertiary alicyclic amines) is 1. The Bertz CT molecular complexity index is 1330. The topological polar surface area (TPSA) is 163 Å². The first-order valence-corrected chi connectivity index (χ1v) is 17.5. The van der Waals surface area contributed by atoms with Gasteiger partial charge in [-0.3, -0.25) is 19.2 Å². The van der Waals surface area contributed by atoms with Crippen LogP contribution in [0.25, 0.3) is 0 Å². The van der Waals surface area contributed by atoms with Crippen molar-refractivity contribution in [3.8, 4) is 0 Å². The molecular weight excluding hydrogens is 606 g/mol. The second-order valence-electron chi connectivity index (χ2n) is 13.9. The van der Waals surface area contributed by atoms with E-state index in [1.807, 2.05) is 79.4 Å². The first-order chi connectivity index (χ1) is 23.0. The second kappa shape index (κ2) is 18.1. The number of fused-ring (bicyclic) bond motifs is 2. The van der Waals surface area contributed by atoms with Crippen molar-refractivity contribution < 1.29 is 19.2 Å². The van der Waals surface area contributed by atoms with Gasteiger partial charge in [0.2, 0.25) is 23.6 Å². The van der Waals surface area contributed by atoms with Gasteiger partial charge in [-0.25, -0.2) is 0 Å². The van der Waals surface area contributed by atoms with Crippen LogP contribution in [0.2, 0.25) is 0 Å². The van der Waals surface area contributed by atoms with Gasteiger partial charge < -0.3 is 37.2 Å². The Morgan fingerprint density at radius 1 is 0.750 bits per heavy atom. The Labute approximate surface area is 285 Å². The maximum absolute atomic E-state index is 14.0. The standard InChI is InChI=1S/C37H55N7O4/c1-25(2)20-32(35(46)40-31(16-10-11-19-38)37(48)44-28-17-18-29(44)24-43(3)23-28)42-36(47)33(22-27-14-8-5-9-15-27)41-34(45)30(39)21-26-12-6-4-7-13-26/h4-9,12-15,25,28-33H,10-11,16-24,38-39H2,1-3H3,(H,40,46)(H,41,45)(H,42,47). The average Bonchev–Trinajstić information content (AvgIpc) is 3.34. The maximum atomic E-state index is 14.0. The number of benzene rings is 2. The zero-order chi connectivity index (χ0) is 34.6. The molecule has 7 N–H and O–H groups in total. The molecule has 6 atom stereocenters. The summed E-state index contributed by atoms with van der Waals surface area (Å²) in [5.74, 6) is -1.33. The highest BCUT2D eigenvalue weighted by Gasteiger charge is 2.44. The van der Waals surface area contributed by atoms with Crippen molar-refractivity contribution >= 4 is 23.6 Å². The van der Waals surface area contributed by atoms with Crippen molar-refractivity contribution in [2.45, 2.75) is 101 Å². The highest BCUT2D eigenvalue weighted by molar-refractivity contribution is 5.95. The zero-order valence-corrected chi connectivity index (χ0v) is 28.8. The number of unbranched alkanes of at least 4 members (excludes halogenated alkanes) is 1. The van der Waals surface area contributed by atoms with Crippen LogP contribution in [-0.4, -0.2) is 96.4 Å². The lowest BCUT2D eigenvalue weighted by atomic mass is 9.99. The van der Waals surface area contributed by atoms with E-state index >= 15 is 0 Å². The van der Waals surface area contributed by atoms with Crippen molar-refractivity contribution in [3.05, 3.63) is 71.8 Å². The number of amides is 4. The maximum Gasteiger partial charge on any atom is 0.245 e. The van der Waals surface area contributed by atoms with Crippen LogP contribution in [0.5, 0.6) is 0 Å². The number of hydrogen-bond donors (Lipinski definition) is 5. The van der Waals surface area contributed by atoms with Crippen molar-refractivity contribution in [1.29, 1.82) is 0 Å². The van der Waals surface area contributed by atoms with E-state index in [0.29, 0.717) is 32.2 Å². The number of nitrogens with two attached hydrogens (primary N) is 2. The third-order valence-corrected chi connectivity index (χ3v) is 9.37. The smallest absolute Gasteiger partial charge is 0.245 e. The molecule has 0 aromatic heterocycles. The fraction of sp³-hybridized carbons (Fsp3) is 0.568. The van der Waals surface area contributed by atoms with Crippen molar-refractivity contribution in [2.75, 3.05) is 26.7 Å². The summed E-state index contributed by atoms with van der Waals surface area (Å²) in [5, 5.41) is 8.82. The van der Waals surface area contributed by atoms with E-state index in [1.54, 1.807) is 0 Å². The molecule has 262 valence electrons. The molecule has 2 aromatic rings. The highest BCUT2D eigenvalue weighted by Crippen LogP contribution is 2.30. The summed E-state index contributed by atoms with van der Waals surface area (Å²) in [4.78, 5) is 59.4. The molecule has 0 spiro atoms. The summed E-state index contributed by atoms with van der Waals surface area (Å²) in [6.45, 7) is 6.10. The Hall–Kier alpha value is -3.80. The Morgan fingerprint density at radius 3 is 1.83 bits per heavy atom. The van der Waals surface area contributed by atoms with Crippen molar-refractivity contribution in [1.82, 2.24) is 25.8 Å². The molecule has 6 unspecified atom stereocenters. The molecule has 11 nitrogen and oxygen atoms in total. The third kappa shape index (κ3) is 10.6. The Balaban J connectivity index is 1.49. The van der Waals surface area contributed by atoms with Gasteiger partial charge in [-0.15, -0.1) is 0 Å². The van der Waals surface area contributed by atoms with Gasteiger partial charge in [-0.1, -0.05) is 74.5 Å². The van der Waals surface area contributed by atoms with E-state index < -0.39 is 41.9 Å². The molecule has 0 radical (unpaired) electrons. The minimum Gasteiger partial charge on any atom is -0.343 e. The molecule has 2 aliphatic rings. The van der Waals surface area contributed by atoms with E-state index in [0.717, 1.165) is 43.5 Å². The van der Waals surface area contributed by atoms with Crippen LogP contribution in [0.3, 0.4) is 0 Å². The largest absolute Gasteiger partial charge is 0.343 e. The monoisotopic (exact) mass is 661 g/mol. The average molecular weight is 662 g/mol. The Kier molecular flexibility index (Phi) is 14.0. The molecule has 2 aliphatic heterocycles. The third-order valence-electron chi connectivity index (χ3n) is 9.37. The molecule has 2 saturated heterocycles. The molecule has 0 saturated carbocycles. The molecule has 11 heteroatoms. The summed E-state index contributed by atoms with van der Waals surface area (Å²) in [6.07, 6.45) is 4.74. The first-order valence-electron chi connectivity index (χ1n) is 17.5. The molecule has 2 heterocycles. The molecule has 2 bridgehead atoms. The number of nitrogens with zero attached hydrogens (tertiary/aromatic N) is 2. The number of nitrogens with one attached hydrogen (secondary N) is 3. The lowest BCUT2D eigenvalue weighted by molar-refractivity contribution is -0.142. The van der Waals surface area contributed by atoms with Gasteiger partial charge in [0.05, 0.1) is 6.04 Å². The number of carbonyl (C=O) groups excluding carboxylic acids is 4.